The van der Waals surface area contributed by atoms with Crippen molar-refractivity contribution >= 4 is 11.1 Å². The van der Waals surface area contributed by atoms with Crippen LogP contribution in [0.15, 0.2) is 28.9 Å². The van der Waals surface area contributed by atoms with Crippen LogP contribution >= 0.6 is 0 Å². The van der Waals surface area contributed by atoms with Crippen LogP contribution in [0.25, 0.3) is 11.1 Å². The number of nitrogens with two attached hydrogens (primary N) is 1. The number of fused-ring (bicyclic) bond motifs is 1. The summed E-state index contributed by atoms with van der Waals surface area (Å²) in [6.45, 7) is 4.06. The fourth-order valence-electron chi connectivity index (χ4n) is 2.27. The van der Waals surface area contributed by atoms with Gasteiger partial charge in [-0.3, -0.25) is 4.68 Å². The maximum atomic E-state index is 6.17. The highest BCUT2D eigenvalue weighted by atomic mass is 16.3. The largest absolute Gasteiger partial charge is 0.438 e. The van der Waals surface area contributed by atoms with Gasteiger partial charge in [-0.15, -0.1) is 0 Å². The van der Waals surface area contributed by atoms with Crippen LogP contribution in [-0.2, 0) is 7.05 Å². The predicted octanol–water partition coefficient (Wildman–Crippen LogP) is 2.23. The smallest absolute Gasteiger partial charge is 0.217 e. The van der Waals surface area contributed by atoms with Gasteiger partial charge >= 0.3 is 0 Å². The molecule has 19 heavy (non-hydrogen) atoms. The van der Waals surface area contributed by atoms with Crippen LogP contribution in [0, 0.1) is 13.8 Å². The van der Waals surface area contributed by atoms with Gasteiger partial charge < -0.3 is 10.2 Å². The molecule has 1 aromatic carbocycles. The van der Waals surface area contributed by atoms with E-state index in [4.69, 9.17) is 10.2 Å². The van der Waals surface area contributed by atoms with E-state index < -0.39 is 0 Å². The van der Waals surface area contributed by atoms with E-state index >= 15 is 0 Å². The van der Waals surface area contributed by atoms with Crippen LogP contribution in [0.1, 0.15) is 28.6 Å². The number of oxazole rings is 1. The highest BCUT2D eigenvalue weighted by molar-refractivity contribution is 5.77. The van der Waals surface area contributed by atoms with Gasteiger partial charge in [0.15, 0.2) is 5.58 Å². The molecule has 0 spiro atoms. The SMILES string of the molecule is Cc1cc(C)c2oc(C(N)c3cnn(C)c3)nc2c1. The van der Waals surface area contributed by atoms with Gasteiger partial charge in [0.25, 0.3) is 0 Å². The van der Waals surface area contributed by atoms with Crippen LogP contribution in [-0.4, -0.2) is 14.8 Å². The van der Waals surface area contributed by atoms with Crippen LogP contribution in [0.3, 0.4) is 0 Å². The maximum absolute atomic E-state index is 6.17. The number of nitrogens with zero attached hydrogens (tertiary/aromatic N) is 3. The molecule has 1 unspecified atom stereocenters. The fraction of sp³-hybridized carbons (Fsp3) is 0.286. The lowest BCUT2D eigenvalue weighted by atomic mass is 10.1. The van der Waals surface area contributed by atoms with Crippen molar-refractivity contribution in [2.45, 2.75) is 19.9 Å². The van der Waals surface area contributed by atoms with Crippen LogP contribution in [0.2, 0.25) is 0 Å². The van der Waals surface area contributed by atoms with Crippen molar-refractivity contribution in [3.63, 3.8) is 0 Å². The average molecular weight is 256 g/mol. The van der Waals surface area contributed by atoms with Crippen molar-refractivity contribution in [3.05, 3.63) is 47.1 Å². The number of aryl methyl sites for hydroxylation is 3. The first-order valence-electron chi connectivity index (χ1n) is 6.16. The molecule has 0 amide bonds. The molecule has 1 atom stereocenters. The number of rotatable bonds is 2. The molecular weight excluding hydrogens is 240 g/mol. The standard InChI is InChI=1S/C14H16N4O/c1-8-4-9(2)13-11(5-8)17-14(19-13)12(15)10-6-16-18(3)7-10/h4-7,12H,15H2,1-3H3. The molecule has 0 aliphatic heterocycles. The zero-order valence-corrected chi connectivity index (χ0v) is 11.2. The molecule has 0 aliphatic carbocycles. The Morgan fingerprint density at radius 1 is 1.32 bits per heavy atom. The lowest BCUT2D eigenvalue weighted by Gasteiger charge is -2.02. The monoisotopic (exact) mass is 256 g/mol. The van der Waals surface area contributed by atoms with Crippen LogP contribution in [0.5, 0.6) is 0 Å². The van der Waals surface area contributed by atoms with Gasteiger partial charge in [0, 0.05) is 18.8 Å². The van der Waals surface area contributed by atoms with E-state index in [1.165, 1.54) is 5.56 Å². The van der Waals surface area contributed by atoms with E-state index in [-0.39, 0.29) is 6.04 Å². The summed E-state index contributed by atoms with van der Waals surface area (Å²) in [5.74, 6) is 0.525. The topological polar surface area (TPSA) is 69.9 Å². The summed E-state index contributed by atoms with van der Waals surface area (Å²) < 4.78 is 7.52. The summed E-state index contributed by atoms with van der Waals surface area (Å²) >= 11 is 0. The van der Waals surface area contributed by atoms with Crippen molar-refractivity contribution in [2.24, 2.45) is 12.8 Å². The number of hydrogen-bond acceptors (Lipinski definition) is 4. The molecule has 98 valence electrons. The second kappa shape index (κ2) is 4.20. The minimum Gasteiger partial charge on any atom is -0.438 e. The van der Waals surface area contributed by atoms with Gasteiger partial charge in [-0.2, -0.15) is 5.10 Å². The molecule has 3 aromatic rings. The van der Waals surface area contributed by atoms with Crippen molar-refractivity contribution in [3.8, 4) is 0 Å². The molecule has 0 radical (unpaired) electrons. The molecule has 2 aromatic heterocycles. The lowest BCUT2D eigenvalue weighted by Crippen LogP contribution is -2.11. The quantitative estimate of drug-likeness (QED) is 0.763. The molecule has 0 bridgehead atoms. The number of hydrogen-bond donors (Lipinski definition) is 1. The third kappa shape index (κ3) is 2.02. The highest BCUT2D eigenvalue weighted by Crippen LogP contribution is 2.26. The van der Waals surface area contributed by atoms with Crippen molar-refractivity contribution < 1.29 is 4.42 Å². The number of benzene rings is 1. The van der Waals surface area contributed by atoms with Crippen molar-refractivity contribution in [1.29, 1.82) is 0 Å². The Bertz CT molecular complexity index is 741. The molecule has 0 fully saturated rings. The Morgan fingerprint density at radius 3 is 2.79 bits per heavy atom. The van der Waals surface area contributed by atoms with E-state index in [9.17, 15) is 0 Å². The zero-order chi connectivity index (χ0) is 13.6. The van der Waals surface area contributed by atoms with Crippen LogP contribution in [0.4, 0.5) is 0 Å². The van der Waals surface area contributed by atoms with Gasteiger partial charge in [-0.05, 0) is 31.0 Å². The Kier molecular flexibility index (Phi) is 2.64. The van der Waals surface area contributed by atoms with Gasteiger partial charge in [0.05, 0.1) is 6.20 Å². The zero-order valence-electron chi connectivity index (χ0n) is 11.2. The van der Waals surface area contributed by atoms with Gasteiger partial charge in [0.2, 0.25) is 5.89 Å². The van der Waals surface area contributed by atoms with Crippen molar-refractivity contribution in [2.75, 3.05) is 0 Å². The first-order chi connectivity index (χ1) is 9.04. The van der Waals surface area contributed by atoms with E-state index in [0.29, 0.717) is 5.89 Å². The predicted molar refractivity (Wildman–Crippen MR) is 72.7 cm³/mol. The minimum atomic E-state index is -0.388. The first kappa shape index (κ1) is 11.9. The van der Waals surface area contributed by atoms with E-state index in [0.717, 1.165) is 22.2 Å². The molecule has 2 heterocycles. The number of aromatic nitrogens is 3. The summed E-state index contributed by atoms with van der Waals surface area (Å²) in [6.07, 6.45) is 3.61. The molecule has 3 rings (SSSR count). The molecule has 5 nitrogen and oxygen atoms in total. The molecule has 0 aliphatic rings. The van der Waals surface area contributed by atoms with E-state index in [2.05, 4.69) is 16.1 Å². The summed E-state index contributed by atoms with van der Waals surface area (Å²) in [6, 6.07) is 3.69. The van der Waals surface area contributed by atoms with Crippen LogP contribution < -0.4 is 5.73 Å². The first-order valence-corrected chi connectivity index (χ1v) is 6.16. The maximum Gasteiger partial charge on any atom is 0.217 e. The molecule has 2 N–H and O–H groups in total. The Balaban J connectivity index is 2.08. The summed E-state index contributed by atoms with van der Waals surface area (Å²) in [4.78, 5) is 4.49. The van der Waals surface area contributed by atoms with Crippen molar-refractivity contribution in [1.82, 2.24) is 14.8 Å². The second-order valence-electron chi connectivity index (χ2n) is 4.91. The summed E-state index contributed by atoms with van der Waals surface area (Å²) in [5, 5.41) is 4.12. The Hall–Kier alpha value is -2.14. The fourth-order valence-corrected chi connectivity index (χ4v) is 2.27. The molecule has 0 saturated carbocycles. The van der Waals surface area contributed by atoms with E-state index in [1.807, 2.05) is 33.2 Å². The van der Waals surface area contributed by atoms with Gasteiger partial charge in [-0.25, -0.2) is 4.98 Å². The van der Waals surface area contributed by atoms with Gasteiger partial charge in [0.1, 0.15) is 11.6 Å². The van der Waals surface area contributed by atoms with E-state index in [1.54, 1.807) is 10.9 Å². The normalized spacial score (nSPS) is 13.1. The molecule has 5 heteroatoms. The average Bonchev–Trinajstić information content (AvgIpc) is 2.94. The highest BCUT2D eigenvalue weighted by Gasteiger charge is 2.18. The summed E-state index contributed by atoms with van der Waals surface area (Å²) in [5.41, 5.74) is 11.0. The third-order valence-electron chi connectivity index (χ3n) is 3.19. The third-order valence-corrected chi connectivity index (χ3v) is 3.19. The van der Waals surface area contributed by atoms with Gasteiger partial charge in [-0.1, -0.05) is 6.07 Å². The Morgan fingerprint density at radius 2 is 2.11 bits per heavy atom. The summed E-state index contributed by atoms with van der Waals surface area (Å²) in [7, 11) is 1.86. The second-order valence-corrected chi connectivity index (χ2v) is 4.91. The molecular formula is C14H16N4O. The lowest BCUT2D eigenvalue weighted by molar-refractivity contribution is 0.503. The minimum absolute atomic E-state index is 0.388. The Labute approximate surface area is 111 Å². The molecule has 0 saturated heterocycles.